The Balaban J connectivity index is 0.000000235. The number of aliphatic imine (C=N–C) groups is 1. The van der Waals surface area contributed by atoms with E-state index in [9.17, 15) is 14.4 Å². The number of nitrogens with two attached hydrogens (primary N) is 2. The summed E-state index contributed by atoms with van der Waals surface area (Å²) in [4.78, 5) is 34.7. The number of hydrogen-bond donors (Lipinski definition) is 4. The fourth-order valence-electron chi connectivity index (χ4n) is 1.39. The second kappa shape index (κ2) is 7.01. The van der Waals surface area contributed by atoms with Crippen LogP contribution in [0.15, 0.2) is 29.3 Å². The number of guanidine groups is 1. The average Bonchev–Trinajstić information content (AvgIpc) is 2.71. The number of rotatable bonds is 2. The maximum absolute atomic E-state index is 10.4. The Kier molecular flexibility index (Phi) is 5.38. The van der Waals surface area contributed by atoms with Crippen LogP contribution >= 0.6 is 0 Å². The summed E-state index contributed by atoms with van der Waals surface area (Å²) in [5.41, 5.74) is 11.0. The lowest BCUT2D eigenvalue weighted by molar-refractivity contribution is -0.171. The molecule has 21 heavy (non-hydrogen) atoms. The van der Waals surface area contributed by atoms with Gasteiger partial charge in [-0.15, -0.1) is 0 Å². The summed E-state index contributed by atoms with van der Waals surface area (Å²) >= 11 is 0. The highest BCUT2D eigenvalue weighted by atomic mass is 16.5. The van der Waals surface area contributed by atoms with Crippen molar-refractivity contribution in [3.05, 3.63) is 29.8 Å². The number of benzene rings is 1. The molecule has 0 unspecified atom stereocenters. The maximum atomic E-state index is 10.4. The number of amides is 2. The predicted molar refractivity (Wildman–Crippen MR) is 71.7 cm³/mol. The summed E-state index contributed by atoms with van der Waals surface area (Å²) in [6, 6.07) is 5.93. The van der Waals surface area contributed by atoms with E-state index >= 15 is 0 Å². The molecule has 0 aliphatic carbocycles. The molecule has 0 aromatic heterocycles. The zero-order valence-electron chi connectivity index (χ0n) is 10.9. The normalized spacial score (nSPS) is 13.5. The summed E-state index contributed by atoms with van der Waals surface area (Å²) in [6.45, 7) is 0. The van der Waals surface area contributed by atoms with E-state index in [-0.39, 0.29) is 29.4 Å². The Morgan fingerprint density at radius 2 is 1.57 bits per heavy atom. The van der Waals surface area contributed by atoms with Crippen LogP contribution in [0.25, 0.3) is 0 Å². The molecule has 1 saturated heterocycles. The number of carbonyl (C=O) groups is 3. The van der Waals surface area contributed by atoms with Gasteiger partial charge in [-0.2, -0.15) is 5.06 Å². The van der Waals surface area contributed by atoms with Crippen molar-refractivity contribution in [1.29, 1.82) is 0 Å². The lowest BCUT2D eigenvalue weighted by Crippen LogP contribution is -2.24. The second-order valence-corrected chi connectivity index (χ2v) is 3.99. The smallest absolute Gasteiger partial charge is 0.335 e. The van der Waals surface area contributed by atoms with Gasteiger partial charge in [-0.25, -0.2) is 9.79 Å². The molecule has 9 nitrogen and oxygen atoms in total. The number of hydroxylamine groups is 2. The molecule has 0 atom stereocenters. The maximum Gasteiger partial charge on any atom is 0.335 e. The van der Waals surface area contributed by atoms with Crippen LogP contribution < -0.4 is 11.5 Å². The quantitative estimate of drug-likeness (QED) is 0.254. The topological polar surface area (TPSA) is 159 Å². The fraction of sp³-hybridized carbons (Fsp3) is 0.167. The zero-order valence-corrected chi connectivity index (χ0v) is 10.9. The molecule has 0 bridgehead atoms. The number of carboxylic acids is 1. The van der Waals surface area contributed by atoms with E-state index in [2.05, 4.69) is 4.99 Å². The molecular weight excluding hydrogens is 280 g/mol. The van der Waals surface area contributed by atoms with Crippen LogP contribution in [0.2, 0.25) is 0 Å². The molecule has 0 spiro atoms. The van der Waals surface area contributed by atoms with Crippen LogP contribution in [-0.4, -0.2) is 39.1 Å². The Hall–Kier alpha value is -2.94. The summed E-state index contributed by atoms with van der Waals surface area (Å²) in [5.74, 6) is -2.04. The Morgan fingerprint density at radius 1 is 1.10 bits per heavy atom. The van der Waals surface area contributed by atoms with Crippen molar-refractivity contribution < 1.29 is 24.7 Å². The fourth-order valence-corrected chi connectivity index (χ4v) is 1.39. The largest absolute Gasteiger partial charge is 0.478 e. The van der Waals surface area contributed by atoms with Gasteiger partial charge in [0, 0.05) is 12.8 Å². The highest BCUT2D eigenvalue weighted by Gasteiger charge is 2.26. The predicted octanol–water partition coefficient (Wildman–Crippen LogP) is -0.186. The number of carbonyl (C=O) groups excluding carboxylic acids is 2. The summed E-state index contributed by atoms with van der Waals surface area (Å²) < 4.78 is 0. The third-order valence-corrected chi connectivity index (χ3v) is 2.40. The first-order valence-corrected chi connectivity index (χ1v) is 5.79. The van der Waals surface area contributed by atoms with E-state index in [0.717, 1.165) is 0 Å². The van der Waals surface area contributed by atoms with Gasteiger partial charge < -0.3 is 16.6 Å². The third kappa shape index (κ3) is 4.91. The van der Waals surface area contributed by atoms with E-state index in [0.29, 0.717) is 5.69 Å². The van der Waals surface area contributed by atoms with Crippen molar-refractivity contribution >= 4 is 29.4 Å². The Labute approximate surface area is 119 Å². The summed E-state index contributed by atoms with van der Waals surface area (Å²) in [7, 11) is 0. The van der Waals surface area contributed by atoms with Gasteiger partial charge in [0.25, 0.3) is 11.8 Å². The molecule has 0 saturated carbocycles. The molecule has 1 aromatic carbocycles. The third-order valence-electron chi connectivity index (χ3n) is 2.40. The van der Waals surface area contributed by atoms with Crippen molar-refractivity contribution in [2.24, 2.45) is 16.5 Å². The SMILES string of the molecule is NC(N)=Nc1ccc(C(=O)O)cc1.O=C1CCC(=O)N1O. The molecule has 1 aliphatic rings. The van der Waals surface area contributed by atoms with E-state index < -0.39 is 17.8 Å². The molecule has 2 rings (SSSR count). The molecule has 0 radical (unpaired) electrons. The number of nitrogens with zero attached hydrogens (tertiary/aromatic N) is 2. The molecule has 1 aliphatic heterocycles. The van der Waals surface area contributed by atoms with Gasteiger partial charge >= 0.3 is 5.97 Å². The monoisotopic (exact) mass is 294 g/mol. The highest BCUT2D eigenvalue weighted by molar-refractivity contribution is 6.00. The van der Waals surface area contributed by atoms with Gasteiger partial charge in [0.15, 0.2) is 5.96 Å². The molecule has 112 valence electrons. The minimum absolute atomic E-state index is 0.0527. The molecule has 9 heteroatoms. The van der Waals surface area contributed by atoms with E-state index in [4.69, 9.17) is 21.8 Å². The van der Waals surface area contributed by atoms with Crippen LogP contribution in [-0.2, 0) is 9.59 Å². The second-order valence-electron chi connectivity index (χ2n) is 3.99. The molecule has 1 heterocycles. The van der Waals surface area contributed by atoms with Gasteiger partial charge in [0.05, 0.1) is 11.3 Å². The lowest BCUT2D eigenvalue weighted by atomic mass is 10.2. The minimum Gasteiger partial charge on any atom is -0.478 e. The lowest BCUT2D eigenvalue weighted by Gasteiger charge is -1.98. The number of imide groups is 1. The number of carboxylic acid groups (broad SMARTS) is 1. The van der Waals surface area contributed by atoms with E-state index in [1.54, 1.807) is 0 Å². The Morgan fingerprint density at radius 3 is 1.86 bits per heavy atom. The molecule has 1 fully saturated rings. The van der Waals surface area contributed by atoms with Crippen molar-refractivity contribution in [2.75, 3.05) is 0 Å². The number of hydrogen-bond acceptors (Lipinski definition) is 5. The van der Waals surface area contributed by atoms with Gasteiger partial charge in [-0.05, 0) is 24.3 Å². The van der Waals surface area contributed by atoms with Crippen molar-refractivity contribution in [3.8, 4) is 0 Å². The highest BCUT2D eigenvalue weighted by Crippen LogP contribution is 2.12. The first-order valence-electron chi connectivity index (χ1n) is 5.79. The first kappa shape index (κ1) is 16.1. The van der Waals surface area contributed by atoms with Gasteiger partial charge in [-0.1, -0.05) is 0 Å². The summed E-state index contributed by atoms with van der Waals surface area (Å²) in [5, 5.41) is 17.1. The van der Waals surface area contributed by atoms with Crippen LogP contribution in [0, 0.1) is 0 Å². The average molecular weight is 294 g/mol. The standard InChI is InChI=1S/C8H9N3O2.C4H5NO3/c9-8(10)11-6-3-1-5(2-4-6)7(12)13;6-3-1-2-4(7)5(3)8/h1-4H,(H,12,13)(H4,9,10,11);8H,1-2H2. The van der Waals surface area contributed by atoms with Crippen LogP contribution in [0.4, 0.5) is 5.69 Å². The van der Waals surface area contributed by atoms with Gasteiger partial charge in [-0.3, -0.25) is 14.8 Å². The van der Waals surface area contributed by atoms with Crippen LogP contribution in [0.1, 0.15) is 23.2 Å². The Bertz CT molecular complexity index is 562. The van der Waals surface area contributed by atoms with E-state index in [1.165, 1.54) is 24.3 Å². The molecule has 6 N–H and O–H groups in total. The first-order chi connectivity index (χ1) is 9.81. The molecule has 1 aromatic rings. The van der Waals surface area contributed by atoms with E-state index in [1.807, 2.05) is 0 Å². The molecular formula is C12H14N4O5. The minimum atomic E-state index is -0.976. The zero-order chi connectivity index (χ0) is 16.0. The van der Waals surface area contributed by atoms with Crippen LogP contribution in [0.5, 0.6) is 0 Å². The van der Waals surface area contributed by atoms with Crippen LogP contribution in [0.3, 0.4) is 0 Å². The van der Waals surface area contributed by atoms with Gasteiger partial charge in [0.1, 0.15) is 0 Å². The van der Waals surface area contributed by atoms with Crippen molar-refractivity contribution in [3.63, 3.8) is 0 Å². The van der Waals surface area contributed by atoms with Crippen molar-refractivity contribution in [1.82, 2.24) is 5.06 Å². The van der Waals surface area contributed by atoms with Crippen molar-refractivity contribution in [2.45, 2.75) is 12.8 Å². The number of aromatic carboxylic acids is 1. The van der Waals surface area contributed by atoms with Gasteiger partial charge in [0.2, 0.25) is 0 Å². The molecule has 2 amide bonds. The summed E-state index contributed by atoms with van der Waals surface area (Å²) in [6.07, 6.45) is 0.296.